The van der Waals surface area contributed by atoms with Gasteiger partial charge in [-0.2, -0.15) is 4.31 Å². The average Bonchev–Trinajstić information content (AvgIpc) is 3.01. The molecule has 1 aliphatic heterocycles. The lowest BCUT2D eigenvalue weighted by atomic mass is 10.0. The van der Waals surface area contributed by atoms with E-state index in [1.54, 1.807) is 12.1 Å². The Balaban J connectivity index is 1.78. The molecular formula is C16H20N4O3S2. The van der Waals surface area contributed by atoms with Crippen molar-refractivity contribution < 1.29 is 13.2 Å². The summed E-state index contributed by atoms with van der Waals surface area (Å²) in [6, 6.07) is 6.26. The van der Waals surface area contributed by atoms with Crippen molar-refractivity contribution >= 4 is 33.0 Å². The third-order valence-corrected chi connectivity index (χ3v) is 6.97. The van der Waals surface area contributed by atoms with Crippen LogP contribution in [-0.4, -0.2) is 41.9 Å². The van der Waals surface area contributed by atoms with Gasteiger partial charge in [0.05, 0.1) is 4.90 Å². The topological polar surface area (TPSA) is 92.3 Å². The number of nitrogens with one attached hydrogen (secondary N) is 1. The second-order valence-electron chi connectivity index (χ2n) is 6.07. The molecule has 1 N–H and O–H groups in total. The number of sulfonamides is 1. The van der Waals surface area contributed by atoms with Crippen LogP contribution in [0.5, 0.6) is 0 Å². The first-order valence-electron chi connectivity index (χ1n) is 8.04. The Kier molecular flexibility index (Phi) is 5.16. The first-order chi connectivity index (χ1) is 11.9. The van der Waals surface area contributed by atoms with E-state index in [0.29, 0.717) is 18.8 Å². The van der Waals surface area contributed by atoms with Crippen molar-refractivity contribution in [3.8, 4) is 0 Å². The maximum Gasteiger partial charge on any atom is 0.243 e. The number of aryl methyl sites for hydroxylation is 1. The minimum atomic E-state index is -3.56. The second kappa shape index (κ2) is 7.19. The number of rotatable bonds is 4. The van der Waals surface area contributed by atoms with Crippen LogP contribution in [0.2, 0.25) is 0 Å². The summed E-state index contributed by atoms with van der Waals surface area (Å²) in [6.07, 6.45) is 1.72. The Morgan fingerprint density at radius 3 is 2.60 bits per heavy atom. The molecule has 1 fully saturated rings. The largest absolute Gasteiger partial charge is 0.326 e. The molecule has 2 aromatic rings. The van der Waals surface area contributed by atoms with E-state index < -0.39 is 10.0 Å². The highest BCUT2D eigenvalue weighted by molar-refractivity contribution is 7.89. The van der Waals surface area contributed by atoms with Crippen LogP contribution < -0.4 is 5.32 Å². The Morgan fingerprint density at radius 1 is 1.28 bits per heavy atom. The van der Waals surface area contributed by atoms with Gasteiger partial charge in [-0.15, -0.1) is 21.5 Å². The van der Waals surface area contributed by atoms with Crippen LogP contribution >= 0.6 is 11.3 Å². The van der Waals surface area contributed by atoms with E-state index in [1.165, 1.54) is 34.7 Å². The van der Waals surface area contributed by atoms with Crippen LogP contribution in [-0.2, 0) is 14.8 Å². The zero-order chi connectivity index (χ0) is 18.0. The zero-order valence-corrected chi connectivity index (χ0v) is 15.7. The Labute approximate surface area is 151 Å². The van der Waals surface area contributed by atoms with Gasteiger partial charge in [0.25, 0.3) is 0 Å². The van der Waals surface area contributed by atoms with E-state index in [-0.39, 0.29) is 16.7 Å². The number of carbonyl (C=O) groups is 1. The summed E-state index contributed by atoms with van der Waals surface area (Å²) >= 11 is 1.53. The highest BCUT2D eigenvalue weighted by atomic mass is 32.2. The predicted octanol–water partition coefficient (Wildman–Crippen LogP) is 2.37. The van der Waals surface area contributed by atoms with E-state index in [4.69, 9.17) is 0 Å². The molecule has 0 saturated carbocycles. The Morgan fingerprint density at radius 2 is 2.00 bits per heavy atom. The first-order valence-corrected chi connectivity index (χ1v) is 10.3. The molecule has 134 valence electrons. The van der Waals surface area contributed by atoms with E-state index in [1.807, 2.05) is 6.92 Å². The molecule has 7 nitrogen and oxygen atoms in total. The van der Waals surface area contributed by atoms with Crippen molar-refractivity contribution in [2.24, 2.45) is 0 Å². The maximum absolute atomic E-state index is 12.9. The number of amides is 1. The van der Waals surface area contributed by atoms with Crippen molar-refractivity contribution in [2.75, 3.05) is 18.4 Å². The molecule has 1 amide bonds. The SMILES string of the molecule is CC(=O)Nc1ccc(S(=O)(=O)N2CCCC(c3nnc(C)s3)C2)cc1. The highest BCUT2D eigenvalue weighted by Crippen LogP contribution is 2.31. The summed E-state index contributed by atoms with van der Waals surface area (Å²) in [7, 11) is -3.56. The molecule has 25 heavy (non-hydrogen) atoms. The molecule has 0 spiro atoms. The molecular weight excluding hydrogens is 360 g/mol. The summed E-state index contributed by atoms with van der Waals surface area (Å²) in [5.74, 6) is -0.102. The molecule has 9 heteroatoms. The minimum Gasteiger partial charge on any atom is -0.326 e. The Bertz CT molecular complexity index is 862. The smallest absolute Gasteiger partial charge is 0.243 e. The molecule has 1 aromatic heterocycles. The summed E-state index contributed by atoms with van der Waals surface area (Å²) in [6.45, 7) is 4.23. The van der Waals surface area contributed by atoms with Gasteiger partial charge in [-0.05, 0) is 44.0 Å². The minimum absolute atomic E-state index is 0.0911. The summed E-state index contributed by atoms with van der Waals surface area (Å²) < 4.78 is 27.3. The number of benzene rings is 1. The van der Waals surface area contributed by atoms with Crippen molar-refractivity contribution in [3.63, 3.8) is 0 Å². The normalized spacial score (nSPS) is 18.9. The van der Waals surface area contributed by atoms with Gasteiger partial charge in [0.1, 0.15) is 10.0 Å². The van der Waals surface area contributed by atoms with E-state index in [0.717, 1.165) is 22.9 Å². The van der Waals surface area contributed by atoms with Gasteiger partial charge in [-0.3, -0.25) is 4.79 Å². The van der Waals surface area contributed by atoms with Crippen LogP contribution in [0.15, 0.2) is 29.2 Å². The number of anilines is 1. The molecule has 0 radical (unpaired) electrons. The average molecular weight is 380 g/mol. The second-order valence-corrected chi connectivity index (χ2v) is 9.22. The van der Waals surface area contributed by atoms with Crippen molar-refractivity contribution in [1.29, 1.82) is 0 Å². The number of hydrogen-bond acceptors (Lipinski definition) is 6. The van der Waals surface area contributed by atoms with Crippen molar-refractivity contribution in [3.05, 3.63) is 34.3 Å². The first kappa shape index (κ1) is 18.0. The molecule has 1 aliphatic rings. The summed E-state index contributed by atoms with van der Waals surface area (Å²) in [5, 5.41) is 12.6. The monoisotopic (exact) mass is 380 g/mol. The molecule has 0 bridgehead atoms. The quantitative estimate of drug-likeness (QED) is 0.879. The standard InChI is InChI=1S/C16H20N4O3S2/c1-11(21)17-14-5-7-15(8-6-14)25(22,23)20-9-3-4-13(10-20)16-19-18-12(2)24-16/h5-8,13H,3-4,9-10H2,1-2H3,(H,17,21). The lowest BCUT2D eigenvalue weighted by molar-refractivity contribution is -0.114. The summed E-state index contributed by atoms with van der Waals surface area (Å²) in [4.78, 5) is 11.3. The fourth-order valence-electron chi connectivity index (χ4n) is 2.90. The fraction of sp³-hybridized carbons (Fsp3) is 0.438. The van der Waals surface area contributed by atoms with Gasteiger partial charge in [0.2, 0.25) is 15.9 Å². The van der Waals surface area contributed by atoms with Gasteiger partial charge in [0, 0.05) is 31.6 Å². The van der Waals surface area contributed by atoms with Crippen molar-refractivity contribution in [2.45, 2.75) is 37.5 Å². The van der Waals surface area contributed by atoms with Gasteiger partial charge in [0.15, 0.2) is 0 Å². The third kappa shape index (κ3) is 4.05. The molecule has 3 rings (SSSR count). The molecule has 1 unspecified atom stereocenters. The van der Waals surface area contributed by atoms with Gasteiger partial charge < -0.3 is 5.32 Å². The van der Waals surface area contributed by atoms with Gasteiger partial charge in [-0.1, -0.05) is 0 Å². The number of hydrogen-bond donors (Lipinski definition) is 1. The zero-order valence-electron chi connectivity index (χ0n) is 14.1. The lowest BCUT2D eigenvalue weighted by Crippen LogP contribution is -2.39. The predicted molar refractivity (Wildman–Crippen MR) is 96.1 cm³/mol. The molecule has 2 heterocycles. The maximum atomic E-state index is 12.9. The number of piperidine rings is 1. The molecule has 1 saturated heterocycles. The molecule has 1 atom stereocenters. The Hall–Kier alpha value is -1.84. The number of nitrogens with zero attached hydrogens (tertiary/aromatic N) is 3. The van der Waals surface area contributed by atoms with Gasteiger partial charge in [-0.25, -0.2) is 8.42 Å². The fourth-order valence-corrected chi connectivity index (χ4v) is 5.25. The number of aromatic nitrogens is 2. The van der Waals surface area contributed by atoms with Crippen LogP contribution in [0.3, 0.4) is 0 Å². The van der Waals surface area contributed by atoms with Crippen LogP contribution in [0, 0.1) is 6.92 Å². The van der Waals surface area contributed by atoms with Gasteiger partial charge >= 0.3 is 0 Å². The summed E-state index contributed by atoms with van der Waals surface area (Å²) in [5.41, 5.74) is 0.576. The number of carbonyl (C=O) groups excluding carboxylic acids is 1. The van der Waals surface area contributed by atoms with Crippen LogP contribution in [0.25, 0.3) is 0 Å². The third-order valence-electron chi connectivity index (χ3n) is 4.09. The van der Waals surface area contributed by atoms with Crippen LogP contribution in [0.4, 0.5) is 5.69 Å². The highest BCUT2D eigenvalue weighted by Gasteiger charge is 2.32. The van der Waals surface area contributed by atoms with E-state index >= 15 is 0 Å². The van der Waals surface area contributed by atoms with E-state index in [9.17, 15) is 13.2 Å². The molecule has 1 aromatic carbocycles. The van der Waals surface area contributed by atoms with E-state index in [2.05, 4.69) is 15.5 Å². The lowest BCUT2D eigenvalue weighted by Gasteiger charge is -2.30. The van der Waals surface area contributed by atoms with Crippen LogP contribution in [0.1, 0.15) is 35.7 Å². The van der Waals surface area contributed by atoms with Crippen molar-refractivity contribution in [1.82, 2.24) is 14.5 Å². The molecule has 0 aliphatic carbocycles.